The lowest BCUT2D eigenvalue weighted by Gasteiger charge is -2.23. The topological polar surface area (TPSA) is 47.6 Å². The van der Waals surface area contributed by atoms with Gasteiger partial charge in [0, 0.05) is 0 Å². The van der Waals surface area contributed by atoms with E-state index < -0.39 is 0 Å². The fraction of sp³-hybridized carbons (Fsp3) is 0.174. The highest BCUT2D eigenvalue weighted by Crippen LogP contribution is 2.30. The van der Waals surface area contributed by atoms with Gasteiger partial charge in [-0.2, -0.15) is 0 Å². The number of hydrogen-bond donors (Lipinski definition) is 1. The van der Waals surface area contributed by atoms with E-state index in [1.165, 1.54) is 0 Å². The second-order valence-corrected chi connectivity index (χ2v) is 6.21. The number of carbonyl (C=O) groups excluding carboxylic acids is 1. The molecule has 4 nitrogen and oxygen atoms in total. The maximum absolute atomic E-state index is 13.2. The van der Waals surface area contributed by atoms with Crippen LogP contribution in [0, 0.1) is 6.92 Å². The van der Waals surface area contributed by atoms with E-state index in [1.807, 2.05) is 61.5 Å². The van der Waals surface area contributed by atoms with E-state index in [4.69, 9.17) is 9.47 Å². The van der Waals surface area contributed by atoms with E-state index in [9.17, 15) is 4.79 Å². The Morgan fingerprint density at radius 3 is 2.00 bits per heavy atom. The van der Waals surface area contributed by atoms with E-state index in [0.717, 1.165) is 16.7 Å². The number of carbonyl (C=O) groups is 1. The number of hydrogen-bond acceptors (Lipinski definition) is 3. The van der Waals surface area contributed by atoms with Crippen LogP contribution in [0.15, 0.2) is 72.8 Å². The molecule has 0 aromatic heterocycles. The molecule has 0 saturated carbocycles. The molecule has 0 aliphatic rings. The van der Waals surface area contributed by atoms with Gasteiger partial charge < -0.3 is 14.8 Å². The van der Waals surface area contributed by atoms with Crippen LogP contribution in [0.2, 0.25) is 0 Å². The third-order valence-electron chi connectivity index (χ3n) is 4.56. The lowest BCUT2D eigenvalue weighted by atomic mass is 9.94. The van der Waals surface area contributed by atoms with Gasteiger partial charge in [0.25, 0.3) is 5.91 Å². The van der Waals surface area contributed by atoms with Crippen molar-refractivity contribution in [1.82, 2.24) is 5.32 Å². The van der Waals surface area contributed by atoms with Crippen LogP contribution in [0.5, 0.6) is 11.5 Å². The minimum Gasteiger partial charge on any atom is -0.496 e. The molecule has 1 N–H and O–H groups in total. The largest absolute Gasteiger partial charge is 0.496 e. The summed E-state index contributed by atoms with van der Waals surface area (Å²) in [5.74, 6) is 0.702. The third kappa shape index (κ3) is 3.95. The number of benzene rings is 3. The zero-order chi connectivity index (χ0) is 19.2. The molecule has 0 saturated heterocycles. The summed E-state index contributed by atoms with van der Waals surface area (Å²) in [6, 6.07) is 23.0. The van der Waals surface area contributed by atoms with Gasteiger partial charge in [0.2, 0.25) is 0 Å². The number of amides is 1. The highest BCUT2D eigenvalue weighted by Gasteiger charge is 2.23. The van der Waals surface area contributed by atoms with Crippen molar-refractivity contribution in [3.63, 3.8) is 0 Å². The van der Waals surface area contributed by atoms with Crippen molar-refractivity contribution in [2.24, 2.45) is 0 Å². The molecule has 0 aliphatic carbocycles. The summed E-state index contributed by atoms with van der Waals surface area (Å²) >= 11 is 0. The van der Waals surface area contributed by atoms with Gasteiger partial charge in [-0.25, -0.2) is 0 Å². The van der Waals surface area contributed by atoms with E-state index in [1.54, 1.807) is 32.4 Å². The van der Waals surface area contributed by atoms with Crippen LogP contribution >= 0.6 is 0 Å². The lowest BCUT2D eigenvalue weighted by molar-refractivity contribution is 0.0936. The minimum absolute atomic E-state index is 0.249. The van der Waals surface area contributed by atoms with Crippen LogP contribution < -0.4 is 14.8 Å². The summed E-state index contributed by atoms with van der Waals surface area (Å²) < 4.78 is 10.8. The molecule has 0 aliphatic heterocycles. The summed E-state index contributed by atoms with van der Waals surface area (Å²) in [5.41, 5.74) is 3.55. The van der Waals surface area contributed by atoms with Crippen LogP contribution in [-0.2, 0) is 0 Å². The molecule has 0 fully saturated rings. The van der Waals surface area contributed by atoms with E-state index in [-0.39, 0.29) is 11.9 Å². The Hall–Kier alpha value is -3.27. The highest BCUT2D eigenvalue weighted by atomic mass is 16.5. The predicted molar refractivity (Wildman–Crippen MR) is 106 cm³/mol. The Morgan fingerprint density at radius 2 is 1.41 bits per heavy atom. The van der Waals surface area contributed by atoms with E-state index >= 15 is 0 Å². The van der Waals surface area contributed by atoms with Gasteiger partial charge in [-0.1, -0.05) is 60.7 Å². The Bertz CT molecular complexity index is 900. The standard InChI is InChI=1S/C23H23NO3/c1-16-10-7-8-13-18(16)22(17-11-5-4-6-12-17)24-23(25)21-19(26-2)14-9-15-20(21)27-3/h4-15,22H,1-3H3,(H,24,25)/t22-/m1/s1. The smallest absolute Gasteiger partial charge is 0.259 e. The number of ether oxygens (including phenoxy) is 2. The molecular weight excluding hydrogens is 338 g/mol. The first-order chi connectivity index (χ1) is 13.2. The molecule has 0 radical (unpaired) electrons. The average Bonchev–Trinajstić information content (AvgIpc) is 2.72. The van der Waals surface area contributed by atoms with Gasteiger partial charge in [0.1, 0.15) is 17.1 Å². The van der Waals surface area contributed by atoms with Crippen LogP contribution in [0.4, 0.5) is 0 Å². The molecule has 3 aromatic carbocycles. The second-order valence-electron chi connectivity index (χ2n) is 6.21. The predicted octanol–water partition coefficient (Wildman–Crippen LogP) is 4.53. The minimum atomic E-state index is -0.283. The summed E-state index contributed by atoms with van der Waals surface area (Å²) in [4.78, 5) is 13.2. The maximum atomic E-state index is 13.2. The monoisotopic (exact) mass is 361 g/mol. The molecule has 4 heteroatoms. The van der Waals surface area contributed by atoms with Gasteiger partial charge >= 0.3 is 0 Å². The van der Waals surface area contributed by atoms with Gasteiger partial charge in [-0.15, -0.1) is 0 Å². The molecule has 0 unspecified atom stereocenters. The van der Waals surface area contributed by atoms with Crippen molar-refractivity contribution in [3.05, 3.63) is 95.1 Å². The third-order valence-corrected chi connectivity index (χ3v) is 4.56. The van der Waals surface area contributed by atoms with E-state index in [0.29, 0.717) is 17.1 Å². The van der Waals surface area contributed by atoms with Crippen molar-refractivity contribution < 1.29 is 14.3 Å². The zero-order valence-corrected chi connectivity index (χ0v) is 15.7. The van der Waals surface area contributed by atoms with E-state index in [2.05, 4.69) is 5.32 Å². The van der Waals surface area contributed by atoms with Crippen molar-refractivity contribution in [3.8, 4) is 11.5 Å². The number of methoxy groups -OCH3 is 2. The van der Waals surface area contributed by atoms with Crippen LogP contribution in [-0.4, -0.2) is 20.1 Å². The zero-order valence-electron chi connectivity index (χ0n) is 15.7. The Morgan fingerprint density at radius 1 is 0.815 bits per heavy atom. The van der Waals surface area contributed by atoms with Crippen LogP contribution in [0.25, 0.3) is 0 Å². The number of nitrogens with one attached hydrogen (secondary N) is 1. The molecule has 138 valence electrons. The molecule has 0 spiro atoms. The maximum Gasteiger partial charge on any atom is 0.259 e. The van der Waals surface area contributed by atoms with Gasteiger partial charge in [0.05, 0.1) is 20.3 Å². The molecule has 0 bridgehead atoms. The first-order valence-electron chi connectivity index (χ1n) is 8.78. The second kappa shape index (κ2) is 8.41. The highest BCUT2D eigenvalue weighted by molar-refractivity contribution is 6.00. The van der Waals surface area contributed by atoms with Gasteiger partial charge in [-0.3, -0.25) is 4.79 Å². The average molecular weight is 361 g/mol. The molecule has 3 rings (SSSR count). The molecule has 0 heterocycles. The van der Waals surface area contributed by atoms with Gasteiger partial charge in [-0.05, 0) is 35.7 Å². The quantitative estimate of drug-likeness (QED) is 0.702. The molecule has 3 aromatic rings. The van der Waals surface area contributed by atoms with Crippen molar-refractivity contribution in [2.45, 2.75) is 13.0 Å². The molecular formula is C23H23NO3. The molecule has 27 heavy (non-hydrogen) atoms. The summed E-state index contributed by atoms with van der Waals surface area (Å²) in [7, 11) is 3.09. The van der Waals surface area contributed by atoms with Crippen molar-refractivity contribution in [2.75, 3.05) is 14.2 Å². The van der Waals surface area contributed by atoms with Crippen LogP contribution in [0.1, 0.15) is 33.1 Å². The fourth-order valence-electron chi connectivity index (χ4n) is 3.18. The summed E-state index contributed by atoms with van der Waals surface area (Å²) in [6.07, 6.45) is 0. The lowest BCUT2D eigenvalue weighted by Crippen LogP contribution is -2.30. The van der Waals surface area contributed by atoms with Gasteiger partial charge in [0.15, 0.2) is 0 Å². The fourth-order valence-corrected chi connectivity index (χ4v) is 3.18. The summed E-state index contributed by atoms with van der Waals surface area (Å²) in [6.45, 7) is 2.04. The first-order valence-corrected chi connectivity index (χ1v) is 8.78. The van der Waals surface area contributed by atoms with Crippen molar-refractivity contribution in [1.29, 1.82) is 0 Å². The number of aryl methyl sites for hydroxylation is 1. The summed E-state index contributed by atoms with van der Waals surface area (Å²) in [5, 5.41) is 3.16. The van der Waals surface area contributed by atoms with Crippen molar-refractivity contribution >= 4 is 5.91 Å². The Kier molecular flexibility index (Phi) is 5.77. The normalized spacial score (nSPS) is 11.5. The molecule has 1 atom stereocenters. The molecule has 1 amide bonds. The Balaban J connectivity index is 2.04. The Labute approximate surface area is 159 Å². The number of rotatable bonds is 6. The SMILES string of the molecule is COc1cccc(OC)c1C(=O)N[C@H](c1ccccc1)c1ccccc1C. The first kappa shape index (κ1) is 18.5. The van der Waals surface area contributed by atoms with Crippen LogP contribution in [0.3, 0.4) is 0 Å².